The van der Waals surface area contributed by atoms with E-state index in [1.54, 1.807) is 0 Å². The van der Waals surface area contributed by atoms with Gasteiger partial charge in [-0.1, -0.05) is 35.5 Å². The number of hydrogen-bond donors (Lipinski definition) is 1. The van der Waals surface area contributed by atoms with Crippen molar-refractivity contribution in [3.63, 3.8) is 0 Å². The minimum absolute atomic E-state index is 0.224. The third kappa shape index (κ3) is 3.46. The van der Waals surface area contributed by atoms with Crippen LogP contribution in [-0.2, 0) is 11.2 Å². The summed E-state index contributed by atoms with van der Waals surface area (Å²) >= 11 is 0. The number of benzene rings is 2. The van der Waals surface area contributed by atoms with Crippen molar-refractivity contribution in [2.45, 2.75) is 19.3 Å². The van der Waals surface area contributed by atoms with Gasteiger partial charge < -0.3 is 19.3 Å². The van der Waals surface area contributed by atoms with E-state index in [0.717, 1.165) is 54.8 Å². The number of H-pyrrole nitrogens is 1. The minimum Gasteiger partial charge on any atom is -0.361 e. The summed E-state index contributed by atoms with van der Waals surface area (Å²) in [5, 5.41) is 6.52. The Balaban J connectivity index is 1.23. The van der Waals surface area contributed by atoms with E-state index in [0.29, 0.717) is 13.0 Å². The zero-order valence-electron chi connectivity index (χ0n) is 16.3. The summed E-state index contributed by atoms with van der Waals surface area (Å²) in [6.07, 6.45) is 4.25. The lowest BCUT2D eigenvalue weighted by atomic mass is 10.1. The van der Waals surface area contributed by atoms with Crippen molar-refractivity contribution in [3.05, 3.63) is 60.3 Å². The Hall–Kier alpha value is -3.28. The lowest BCUT2D eigenvalue weighted by molar-refractivity contribution is -0.130. The highest BCUT2D eigenvalue weighted by Gasteiger charge is 2.22. The molecule has 29 heavy (non-hydrogen) atoms. The molecule has 148 valence electrons. The maximum absolute atomic E-state index is 12.9. The molecule has 0 radical (unpaired) electrons. The van der Waals surface area contributed by atoms with Crippen LogP contribution in [0.3, 0.4) is 0 Å². The molecule has 0 atom stereocenters. The SMILES string of the molecule is O=C(CCc1c[nH]c2ccccc12)N1CCCN(c2noc3ccccc23)CC1. The second-order valence-corrected chi connectivity index (χ2v) is 7.58. The van der Waals surface area contributed by atoms with E-state index in [1.807, 2.05) is 47.5 Å². The van der Waals surface area contributed by atoms with Gasteiger partial charge in [0.05, 0.1) is 5.39 Å². The molecule has 2 aromatic carbocycles. The molecule has 0 aliphatic carbocycles. The van der Waals surface area contributed by atoms with Crippen LogP contribution in [0.5, 0.6) is 0 Å². The molecular weight excluding hydrogens is 364 g/mol. The smallest absolute Gasteiger partial charge is 0.222 e. The highest BCUT2D eigenvalue weighted by Crippen LogP contribution is 2.26. The summed E-state index contributed by atoms with van der Waals surface area (Å²) < 4.78 is 5.46. The lowest BCUT2D eigenvalue weighted by Gasteiger charge is -2.22. The fourth-order valence-corrected chi connectivity index (χ4v) is 4.22. The van der Waals surface area contributed by atoms with Gasteiger partial charge in [-0.2, -0.15) is 0 Å². The second-order valence-electron chi connectivity index (χ2n) is 7.58. The quantitative estimate of drug-likeness (QED) is 0.574. The number of carbonyl (C=O) groups excluding carboxylic acids is 1. The van der Waals surface area contributed by atoms with E-state index >= 15 is 0 Å². The monoisotopic (exact) mass is 388 g/mol. The van der Waals surface area contributed by atoms with Crippen molar-refractivity contribution in [2.75, 3.05) is 31.1 Å². The fourth-order valence-electron chi connectivity index (χ4n) is 4.22. The molecule has 1 aliphatic heterocycles. The van der Waals surface area contributed by atoms with E-state index in [9.17, 15) is 4.79 Å². The molecule has 0 spiro atoms. The fraction of sp³-hybridized carbons (Fsp3) is 0.304. The number of aromatic nitrogens is 2. The van der Waals surface area contributed by atoms with Crippen molar-refractivity contribution < 1.29 is 9.32 Å². The van der Waals surface area contributed by atoms with E-state index in [2.05, 4.69) is 27.2 Å². The lowest BCUT2D eigenvalue weighted by Crippen LogP contribution is -2.35. The Morgan fingerprint density at radius 3 is 2.76 bits per heavy atom. The van der Waals surface area contributed by atoms with Crippen LogP contribution in [0, 0.1) is 0 Å². The van der Waals surface area contributed by atoms with Gasteiger partial charge >= 0.3 is 0 Å². The van der Waals surface area contributed by atoms with Gasteiger partial charge in [0, 0.05) is 49.7 Å². The van der Waals surface area contributed by atoms with Crippen LogP contribution >= 0.6 is 0 Å². The Morgan fingerprint density at radius 2 is 1.83 bits per heavy atom. The van der Waals surface area contributed by atoms with Crippen LogP contribution in [0.15, 0.2) is 59.3 Å². The van der Waals surface area contributed by atoms with Gasteiger partial charge in [-0.05, 0) is 36.6 Å². The largest absolute Gasteiger partial charge is 0.361 e. The van der Waals surface area contributed by atoms with Gasteiger partial charge in [0.2, 0.25) is 5.91 Å². The molecule has 0 unspecified atom stereocenters. The van der Waals surface area contributed by atoms with Gasteiger partial charge in [0.1, 0.15) is 0 Å². The topological polar surface area (TPSA) is 65.4 Å². The Labute approximate surface area is 169 Å². The van der Waals surface area contributed by atoms with E-state index < -0.39 is 0 Å². The molecule has 0 bridgehead atoms. The van der Waals surface area contributed by atoms with Crippen LogP contribution in [0.2, 0.25) is 0 Å². The normalized spacial score (nSPS) is 15.2. The molecule has 1 N–H and O–H groups in total. The zero-order chi connectivity index (χ0) is 19.6. The zero-order valence-corrected chi connectivity index (χ0v) is 16.3. The van der Waals surface area contributed by atoms with Crippen LogP contribution in [0.1, 0.15) is 18.4 Å². The Kier molecular flexibility index (Phi) is 4.68. The molecule has 1 amide bonds. The molecule has 4 aromatic rings. The molecule has 1 fully saturated rings. The van der Waals surface area contributed by atoms with E-state index in [1.165, 1.54) is 10.9 Å². The first kappa shape index (κ1) is 17.8. The molecule has 6 nitrogen and oxygen atoms in total. The third-order valence-electron chi connectivity index (χ3n) is 5.79. The molecule has 1 saturated heterocycles. The van der Waals surface area contributed by atoms with Crippen molar-refractivity contribution in [1.82, 2.24) is 15.0 Å². The number of rotatable bonds is 4. The maximum Gasteiger partial charge on any atom is 0.222 e. The summed E-state index contributed by atoms with van der Waals surface area (Å²) in [4.78, 5) is 20.4. The number of hydrogen-bond acceptors (Lipinski definition) is 4. The number of nitrogens with zero attached hydrogens (tertiary/aromatic N) is 3. The Morgan fingerprint density at radius 1 is 1.00 bits per heavy atom. The van der Waals surface area contributed by atoms with Crippen molar-refractivity contribution >= 4 is 33.6 Å². The summed E-state index contributed by atoms with van der Waals surface area (Å²) in [5.74, 6) is 1.11. The first-order chi connectivity index (χ1) is 14.3. The first-order valence-electron chi connectivity index (χ1n) is 10.2. The van der Waals surface area contributed by atoms with Gasteiger partial charge in [0.15, 0.2) is 11.4 Å². The predicted molar refractivity (Wildman–Crippen MR) is 114 cm³/mol. The molecule has 6 heteroatoms. The number of aromatic amines is 1. The van der Waals surface area contributed by atoms with Crippen LogP contribution in [0.25, 0.3) is 21.9 Å². The van der Waals surface area contributed by atoms with Crippen molar-refractivity contribution in [3.8, 4) is 0 Å². The van der Waals surface area contributed by atoms with Crippen molar-refractivity contribution in [1.29, 1.82) is 0 Å². The standard InChI is InChI=1S/C23H24N4O2/c28-22(11-10-17-16-24-20-8-3-1-6-18(17)20)26-12-5-13-27(15-14-26)23-19-7-2-4-9-21(19)29-25-23/h1-4,6-9,16,24H,5,10-15H2. The van der Waals surface area contributed by atoms with Gasteiger partial charge in [-0.15, -0.1) is 0 Å². The van der Waals surface area contributed by atoms with Crippen LogP contribution < -0.4 is 4.90 Å². The number of fused-ring (bicyclic) bond motifs is 2. The summed E-state index contributed by atoms with van der Waals surface area (Å²) in [7, 11) is 0. The van der Waals surface area contributed by atoms with Gasteiger partial charge in [0.25, 0.3) is 0 Å². The molecule has 3 heterocycles. The average Bonchev–Trinajstić information content (AvgIpc) is 3.29. The summed E-state index contributed by atoms with van der Waals surface area (Å²) in [5.41, 5.74) is 3.14. The average molecular weight is 388 g/mol. The highest BCUT2D eigenvalue weighted by atomic mass is 16.5. The van der Waals surface area contributed by atoms with E-state index in [-0.39, 0.29) is 5.91 Å². The third-order valence-corrected chi connectivity index (χ3v) is 5.79. The van der Waals surface area contributed by atoms with Crippen LogP contribution in [-0.4, -0.2) is 47.1 Å². The van der Waals surface area contributed by atoms with Crippen LogP contribution in [0.4, 0.5) is 5.82 Å². The highest BCUT2D eigenvalue weighted by molar-refractivity contribution is 5.88. The molecular formula is C23H24N4O2. The molecule has 1 aliphatic rings. The Bertz CT molecular complexity index is 1150. The maximum atomic E-state index is 12.9. The predicted octanol–water partition coefficient (Wildman–Crippen LogP) is 3.98. The number of carbonyl (C=O) groups is 1. The number of amides is 1. The number of para-hydroxylation sites is 2. The number of nitrogens with one attached hydrogen (secondary N) is 1. The van der Waals surface area contributed by atoms with Gasteiger partial charge in [-0.3, -0.25) is 4.79 Å². The van der Waals surface area contributed by atoms with E-state index in [4.69, 9.17) is 4.52 Å². The number of aryl methyl sites for hydroxylation is 1. The second kappa shape index (κ2) is 7.62. The molecule has 5 rings (SSSR count). The molecule has 2 aromatic heterocycles. The summed E-state index contributed by atoms with van der Waals surface area (Å²) in [6.45, 7) is 3.16. The summed E-state index contributed by atoms with van der Waals surface area (Å²) in [6, 6.07) is 16.2. The van der Waals surface area contributed by atoms with Gasteiger partial charge in [-0.25, -0.2) is 0 Å². The molecule has 0 saturated carbocycles. The minimum atomic E-state index is 0.224. The van der Waals surface area contributed by atoms with Crippen molar-refractivity contribution in [2.24, 2.45) is 0 Å². The number of anilines is 1. The first-order valence-corrected chi connectivity index (χ1v) is 10.2.